The molecule has 0 aliphatic carbocycles. The van der Waals surface area contributed by atoms with Gasteiger partial charge in [0.05, 0.1) is 5.69 Å². The van der Waals surface area contributed by atoms with Crippen LogP contribution in [0.15, 0.2) is 16.6 Å². The van der Waals surface area contributed by atoms with Crippen LogP contribution >= 0.6 is 28.3 Å². The highest BCUT2D eigenvalue weighted by Gasteiger charge is 2.14. The molecule has 1 rings (SSSR count). The molecule has 1 atom stereocenters. The molecule has 5 N–H and O–H groups in total. The van der Waals surface area contributed by atoms with E-state index in [-0.39, 0.29) is 24.2 Å². The van der Waals surface area contributed by atoms with Crippen molar-refractivity contribution in [3.8, 4) is 5.75 Å². The van der Waals surface area contributed by atoms with E-state index in [4.69, 9.17) is 11.5 Å². The molecule has 3 nitrogen and oxygen atoms in total. The first-order valence-corrected chi connectivity index (χ1v) is 4.89. The Hall–Kier alpha value is -0.450. The Bertz CT molecular complexity index is 320. The Morgan fingerprint density at radius 3 is 2.57 bits per heavy atom. The van der Waals surface area contributed by atoms with Crippen LogP contribution in [0.3, 0.4) is 0 Å². The Morgan fingerprint density at radius 2 is 2.07 bits per heavy atom. The zero-order valence-electron chi connectivity index (χ0n) is 7.83. The molecule has 5 heteroatoms. The van der Waals surface area contributed by atoms with Gasteiger partial charge in [-0.25, -0.2) is 0 Å². The molecule has 0 heterocycles. The molecular formula is C9H14BrClN2O. The number of nitrogens with two attached hydrogens (primary N) is 2. The molecule has 0 aliphatic heterocycles. The van der Waals surface area contributed by atoms with Gasteiger partial charge in [0.15, 0.2) is 0 Å². The van der Waals surface area contributed by atoms with Gasteiger partial charge in [-0.05, 0) is 18.6 Å². The van der Waals surface area contributed by atoms with Crippen LogP contribution in [0.2, 0.25) is 0 Å². The van der Waals surface area contributed by atoms with Crippen LogP contribution in [0.1, 0.15) is 24.9 Å². The van der Waals surface area contributed by atoms with Gasteiger partial charge in [-0.2, -0.15) is 0 Å². The second kappa shape index (κ2) is 5.44. The van der Waals surface area contributed by atoms with E-state index in [1.54, 1.807) is 12.1 Å². The van der Waals surface area contributed by atoms with Gasteiger partial charge in [0.2, 0.25) is 0 Å². The minimum atomic E-state index is -0.183. The van der Waals surface area contributed by atoms with Crippen molar-refractivity contribution in [2.24, 2.45) is 5.73 Å². The fourth-order valence-corrected chi connectivity index (χ4v) is 1.77. The number of hydrogen-bond donors (Lipinski definition) is 3. The van der Waals surface area contributed by atoms with Crippen molar-refractivity contribution in [1.29, 1.82) is 0 Å². The third-order valence-corrected chi connectivity index (χ3v) is 2.70. The molecule has 0 bridgehead atoms. The highest BCUT2D eigenvalue weighted by atomic mass is 79.9. The Kier molecular flexibility index (Phi) is 5.26. The van der Waals surface area contributed by atoms with Crippen LogP contribution in [0.5, 0.6) is 5.75 Å². The number of anilines is 1. The summed E-state index contributed by atoms with van der Waals surface area (Å²) in [5.41, 5.74) is 12.4. The molecule has 1 aromatic rings. The number of hydrogen-bond acceptors (Lipinski definition) is 3. The van der Waals surface area contributed by atoms with Crippen molar-refractivity contribution < 1.29 is 5.11 Å². The number of halogens is 2. The molecule has 0 fully saturated rings. The molecule has 14 heavy (non-hydrogen) atoms. The molecular weight excluding hydrogens is 267 g/mol. The van der Waals surface area contributed by atoms with Gasteiger partial charge >= 0.3 is 0 Å². The second-order valence-corrected chi connectivity index (χ2v) is 3.77. The summed E-state index contributed by atoms with van der Waals surface area (Å²) in [6, 6.07) is 3.25. The van der Waals surface area contributed by atoms with Crippen LogP contribution in [-0.4, -0.2) is 5.11 Å². The summed E-state index contributed by atoms with van der Waals surface area (Å²) in [7, 11) is 0. The fourth-order valence-electron chi connectivity index (χ4n) is 1.16. The maximum Gasteiger partial charge on any atom is 0.144 e. The Balaban J connectivity index is 0.00000169. The maximum absolute atomic E-state index is 9.64. The van der Waals surface area contributed by atoms with Gasteiger partial charge in [-0.15, -0.1) is 12.4 Å². The lowest BCUT2D eigenvalue weighted by Crippen LogP contribution is -2.10. The first kappa shape index (κ1) is 13.5. The highest BCUT2D eigenvalue weighted by Crippen LogP contribution is 2.36. The molecule has 0 saturated heterocycles. The summed E-state index contributed by atoms with van der Waals surface area (Å²) in [4.78, 5) is 0. The van der Waals surface area contributed by atoms with Crippen LogP contribution in [0.25, 0.3) is 0 Å². The monoisotopic (exact) mass is 280 g/mol. The molecule has 0 spiro atoms. The van der Waals surface area contributed by atoms with Crippen molar-refractivity contribution >= 4 is 34.0 Å². The normalized spacial score (nSPS) is 11.9. The van der Waals surface area contributed by atoms with E-state index in [2.05, 4.69) is 15.9 Å². The fraction of sp³-hybridized carbons (Fsp3) is 0.333. The highest BCUT2D eigenvalue weighted by molar-refractivity contribution is 9.10. The number of phenols is 1. The van der Waals surface area contributed by atoms with Crippen molar-refractivity contribution in [1.82, 2.24) is 0 Å². The zero-order valence-corrected chi connectivity index (χ0v) is 10.2. The van der Waals surface area contributed by atoms with Crippen molar-refractivity contribution in [2.45, 2.75) is 19.4 Å². The molecule has 0 aromatic heterocycles. The van der Waals surface area contributed by atoms with Gasteiger partial charge in [0.1, 0.15) is 5.75 Å². The van der Waals surface area contributed by atoms with Gasteiger partial charge in [0.25, 0.3) is 0 Å². The number of benzene rings is 1. The average molecular weight is 282 g/mol. The molecule has 0 radical (unpaired) electrons. The maximum atomic E-state index is 9.64. The molecule has 80 valence electrons. The molecule has 0 amide bonds. The van der Waals surface area contributed by atoms with E-state index in [0.717, 1.165) is 10.9 Å². The Labute approximate surface area is 98.0 Å². The number of phenolic OH excluding ortho intramolecular Hbond substituents is 1. The first-order valence-electron chi connectivity index (χ1n) is 4.10. The summed E-state index contributed by atoms with van der Waals surface area (Å²) in [5.74, 6) is 0.0868. The number of aromatic hydroxyl groups is 1. The van der Waals surface area contributed by atoms with E-state index in [1.165, 1.54) is 0 Å². The molecule has 0 unspecified atom stereocenters. The molecule has 0 saturated carbocycles. The Morgan fingerprint density at radius 1 is 1.50 bits per heavy atom. The summed E-state index contributed by atoms with van der Waals surface area (Å²) in [6.07, 6.45) is 0.760. The standard InChI is InChI=1S/C9H13BrN2O.ClH/c1-2-6(11)8-5(10)3-4-7(12)9(8)13;/h3-4,6,13H,2,11-12H2,1H3;1H/t6-;/m1./s1. The summed E-state index contributed by atoms with van der Waals surface area (Å²) < 4.78 is 0.800. The number of nitrogen functional groups attached to an aromatic ring is 1. The van der Waals surface area contributed by atoms with Crippen LogP contribution < -0.4 is 11.5 Å². The third-order valence-electron chi connectivity index (χ3n) is 2.01. The van der Waals surface area contributed by atoms with E-state index >= 15 is 0 Å². The lowest BCUT2D eigenvalue weighted by molar-refractivity contribution is 0.462. The first-order chi connectivity index (χ1) is 6.07. The second-order valence-electron chi connectivity index (χ2n) is 2.91. The van der Waals surface area contributed by atoms with Crippen molar-refractivity contribution in [2.75, 3.05) is 5.73 Å². The largest absolute Gasteiger partial charge is 0.505 e. The summed E-state index contributed by atoms with van der Waals surface area (Å²) >= 11 is 3.33. The number of rotatable bonds is 2. The van der Waals surface area contributed by atoms with Crippen molar-refractivity contribution in [3.63, 3.8) is 0 Å². The predicted molar refractivity (Wildman–Crippen MR) is 64.7 cm³/mol. The summed E-state index contributed by atoms with van der Waals surface area (Å²) in [6.45, 7) is 1.96. The smallest absolute Gasteiger partial charge is 0.144 e. The van der Waals surface area contributed by atoms with E-state index in [1.807, 2.05) is 6.92 Å². The lowest BCUT2D eigenvalue weighted by atomic mass is 10.0. The van der Waals surface area contributed by atoms with Gasteiger partial charge in [-0.3, -0.25) is 0 Å². The van der Waals surface area contributed by atoms with E-state index < -0.39 is 0 Å². The SMILES string of the molecule is CC[C@@H](N)c1c(Br)ccc(N)c1O.Cl. The average Bonchev–Trinajstić information content (AvgIpc) is 2.12. The minimum absolute atomic E-state index is 0. The molecule has 1 aromatic carbocycles. The van der Waals surface area contributed by atoms with Crippen LogP contribution in [-0.2, 0) is 0 Å². The van der Waals surface area contributed by atoms with E-state index in [9.17, 15) is 5.11 Å². The predicted octanol–water partition coefficient (Wildman–Crippen LogP) is 2.57. The topological polar surface area (TPSA) is 72.3 Å². The van der Waals surface area contributed by atoms with E-state index in [0.29, 0.717) is 11.3 Å². The lowest BCUT2D eigenvalue weighted by Gasteiger charge is -2.14. The van der Waals surface area contributed by atoms with Crippen molar-refractivity contribution in [3.05, 3.63) is 22.2 Å². The van der Waals surface area contributed by atoms with Gasteiger partial charge in [0, 0.05) is 16.1 Å². The van der Waals surface area contributed by atoms with Gasteiger partial charge < -0.3 is 16.6 Å². The minimum Gasteiger partial charge on any atom is -0.505 e. The quantitative estimate of drug-likeness (QED) is 0.576. The third kappa shape index (κ3) is 2.53. The zero-order chi connectivity index (χ0) is 10.0. The van der Waals surface area contributed by atoms with Crippen LogP contribution in [0, 0.1) is 0 Å². The summed E-state index contributed by atoms with van der Waals surface area (Å²) in [5, 5.41) is 9.64. The molecule has 0 aliphatic rings. The van der Waals surface area contributed by atoms with Gasteiger partial charge in [-0.1, -0.05) is 22.9 Å². The van der Waals surface area contributed by atoms with Crippen LogP contribution in [0.4, 0.5) is 5.69 Å².